The first-order valence-electron chi connectivity index (χ1n) is 19.3. The van der Waals surface area contributed by atoms with Crippen LogP contribution in [0.3, 0.4) is 0 Å². The van der Waals surface area contributed by atoms with Gasteiger partial charge in [-0.25, -0.2) is 15.0 Å². The Morgan fingerprint density at radius 1 is 0.333 bits per heavy atom. The number of hydrogen-bond donors (Lipinski definition) is 0. The van der Waals surface area contributed by atoms with Crippen molar-refractivity contribution < 1.29 is 9.47 Å². The maximum absolute atomic E-state index is 6.61. The van der Waals surface area contributed by atoms with Crippen LogP contribution >= 0.6 is 0 Å². The molecule has 270 valence electrons. The van der Waals surface area contributed by atoms with Crippen LogP contribution in [0.4, 0.5) is 0 Å². The van der Waals surface area contributed by atoms with E-state index in [1.807, 2.05) is 42.5 Å². The summed E-state index contributed by atoms with van der Waals surface area (Å²) in [6.45, 7) is 4.54. The summed E-state index contributed by atoms with van der Waals surface area (Å²) in [5, 5.41) is 2.23. The molecule has 0 atom stereocenters. The molecule has 5 heteroatoms. The van der Waals surface area contributed by atoms with Crippen molar-refractivity contribution in [3.05, 3.63) is 187 Å². The van der Waals surface area contributed by atoms with E-state index < -0.39 is 0 Å². The fourth-order valence-corrected chi connectivity index (χ4v) is 8.50. The third-order valence-corrected chi connectivity index (χ3v) is 11.4. The summed E-state index contributed by atoms with van der Waals surface area (Å²) in [5.74, 6) is 4.66. The fraction of sp³-hybridized carbons (Fsp3) is 0.0577. The zero-order valence-electron chi connectivity index (χ0n) is 31.4. The van der Waals surface area contributed by atoms with Gasteiger partial charge < -0.3 is 9.47 Å². The molecule has 2 heterocycles. The molecule has 8 aromatic carbocycles. The van der Waals surface area contributed by atoms with Crippen LogP contribution in [-0.4, -0.2) is 15.0 Å². The van der Waals surface area contributed by atoms with Crippen LogP contribution in [0.2, 0.25) is 0 Å². The molecular weight excluding hydrogens is 699 g/mol. The van der Waals surface area contributed by atoms with Crippen molar-refractivity contribution in [2.45, 2.75) is 19.3 Å². The molecule has 1 aromatic heterocycles. The molecule has 0 spiro atoms. The van der Waals surface area contributed by atoms with E-state index in [1.54, 1.807) is 0 Å². The van der Waals surface area contributed by atoms with Crippen LogP contribution in [0.25, 0.3) is 78.3 Å². The predicted molar refractivity (Wildman–Crippen MR) is 229 cm³/mol. The van der Waals surface area contributed by atoms with Gasteiger partial charge in [-0.05, 0) is 91.7 Å². The molecule has 57 heavy (non-hydrogen) atoms. The van der Waals surface area contributed by atoms with E-state index in [4.69, 9.17) is 24.4 Å². The van der Waals surface area contributed by atoms with Crippen molar-refractivity contribution in [2.75, 3.05) is 0 Å². The van der Waals surface area contributed by atoms with E-state index in [2.05, 4.69) is 147 Å². The lowest BCUT2D eigenvalue weighted by Crippen LogP contribution is -2.15. The van der Waals surface area contributed by atoms with E-state index in [0.29, 0.717) is 29.0 Å². The van der Waals surface area contributed by atoms with Crippen LogP contribution in [-0.2, 0) is 5.41 Å². The minimum atomic E-state index is -0.124. The number of ether oxygens (including phenoxy) is 2. The molecule has 0 bridgehead atoms. The highest BCUT2D eigenvalue weighted by atomic mass is 16.6. The van der Waals surface area contributed by atoms with E-state index in [0.717, 1.165) is 50.1 Å². The molecule has 1 aliphatic carbocycles. The molecule has 0 unspecified atom stereocenters. The van der Waals surface area contributed by atoms with E-state index in [9.17, 15) is 0 Å². The smallest absolute Gasteiger partial charge is 0.170 e. The van der Waals surface area contributed by atoms with Crippen LogP contribution in [0.1, 0.15) is 25.0 Å². The van der Waals surface area contributed by atoms with Crippen molar-refractivity contribution in [3.8, 4) is 90.5 Å². The molecule has 0 saturated carbocycles. The molecule has 0 saturated heterocycles. The van der Waals surface area contributed by atoms with Crippen molar-refractivity contribution in [1.82, 2.24) is 15.0 Å². The Labute approximate surface area is 330 Å². The van der Waals surface area contributed by atoms with Gasteiger partial charge in [-0.1, -0.05) is 153 Å². The van der Waals surface area contributed by atoms with Crippen LogP contribution in [0.5, 0.6) is 23.0 Å². The molecule has 0 amide bonds. The van der Waals surface area contributed by atoms with Crippen LogP contribution in [0.15, 0.2) is 176 Å². The van der Waals surface area contributed by atoms with Gasteiger partial charge >= 0.3 is 0 Å². The highest BCUT2D eigenvalue weighted by molar-refractivity contribution is 6.04. The number of aromatic nitrogens is 3. The monoisotopic (exact) mass is 733 g/mol. The Kier molecular flexibility index (Phi) is 7.45. The van der Waals surface area contributed by atoms with Gasteiger partial charge in [0.05, 0.1) is 0 Å². The Bertz CT molecular complexity index is 3050. The number of fused-ring (bicyclic) bond motifs is 6. The Hall–Kier alpha value is -7.37. The minimum Gasteiger partial charge on any atom is -0.450 e. The summed E-state index contributed by atoms with van der Waals surface area (Å²) >= 11 is 0. The SMILES string of the molecule is CC1(C)c2ccccc2-c2cc3c(cc21)Oc1ccc(-c2cccc(-c4nc(-c5ccccc5)nc(-c5ccc(-c6ccccc6)c6ccccc56)n4)c2)cc1O3. The van der Waals surface area contributed by atoms with E-state index >= 15 is 0 Å². The summed E-state index contributed by atoms with van der Waals surface area (Å²) in [6.07, 6.45) is 0. The van der Waals surface area contributed by atoms with Gasteiger partial charge in [0, 0.05) is 22.1 Å². The summed E-state index contributed by atoms with van der Waals surface area (Å²) in [6, 6.07) is 60.8. The Balaban J connectivity index is 0.982. The Morgan fingerprint density at radius 2 is 0.895 bits per heavy atom. The van der Waals surface area contributed by atoms with Gasteiger partial charge in [-0.2, -0.15) is 0 Å². The highest BCUT2D eigenvalue weighted by Gasteiger charge is 2.37. The molecule has 11 rings (SSSR count). The normalized spacial score (nSPS) is 13.2. The van der Waals surface area contributed by atoms with Crippen molar-refractivity contribution in [3.63, 3.8) is 0 Å². The largest absolute Gasteiger partial charge is 0.450 e. The van der Waals surface area contributed by atoms with Gasteiger partial charge in [0.2, 0.25) is 0 Å². The second-order valence-electron chi connectivity index (χ2n) is 15.2. The van der Waals surface area contributed by atoms with Crippen molar-refractivity contribution in [2.24, 2.45) is 0 Å². The van der Waals surface area contributed by atoms with Crippen LogP contribution in [0, 0.1) is 0 Å². The summed E-state index contributed by atoms with van der Waals surface area (Å²) in [7, 11) is 0. The topological polar surface area (TPSA) is 57.1 Å². The first kappa shape index (κ1) is 33.0. The average molecular weight is 734 g/mol. The quantitative estimate of drug-likeness (QED) is 0.176. The average Bonchev–Trinajstić information content (AvgIpc) is 3.49. The molecule has 5 nitrogen and oxygen atoms in total. The lowest BCUT2D eigenvalue weighted by atomic mass is 9.82. The van der Waals surface area contributed by atoms with E-state index in [1.165, 1.54) is 33.4 Å². The third kappa shape index (κ3) is 5.50. The first-order valence-corrected chi connectivity index (χ1v) is 19.3. The van der Waals surface area contributed by atoms with Gasteiger partial charge in [-0.3, -0.25) is 0 Å². The zero-order valence-corrected chi connectivity index (χ0v) is 31.4. The molecule has 0 N–H and O–H groups in total. The first-order chi connectivity index (χ1) is 28.0. The van der Waals surface area contributed by atoms with Gasteiger partial charge in [0.15, 0.2) is 40.5 Å². The standard InChI is InChI=1S/C52H35N3O2/c1-52(2)43-23-12-11-22-40(43)42-30-47-48(31-44(42)52)56-45-27-24-35(29-46(45)57-47)34-18-13-19-36(28-34)50-53-49(33-16-7-4-8-17-33)54-51(55-50)41-26-25-37(32-14-5-3-6-15-32)38-20-9-10-21-39(38)41/h3-31H,1-2H3. The van der Waals surface area contributed by atoms with Crippen molar-refractivity contribution in [1.29, 1.82) is 0 Å². The van der Waals surface area contributed by atoms with Gasteiger partial charge in [-0.15, -0.1) is 0 Å². The summed E-state index contributed by atoms with van der Waals surface area (Å²) in [5.41, 5.74) is 12.0. The lowest BCUT2D eigenvalue weighted by Gasteiger charge is -2.25. The highest BCUT2D eigenvalue weighted by Crippen LogP contribution is 2.55. The Morgan fingerprint density at radius 3 is 1.70 bits per heavy atom. The fourth-order valence-electron chi connectivity index (χ4n) is 8.50. The summed E-state index contributed by atoms with van der Waals surface area (Å²) in [4.78, 5) is 15.3. The zero-order chi connectivity index (χ0) is 38.1. The second-order valence-corrected chi connectivity index (χ2v) is 15.2. The minimum absolute atomic E-state index is 0.124. The maximum Gasteiger partial charge on any atom is 0.170 e. The van der Waals surface area contributed by atoms with Crippen molar-refractivity contribution >= 4 is 10.8 Å². The number of benzene rings is 8. The molecule has 1 aliphatic heterocycles. The maximum atomic E-state index is 6.61. The molecule has 0 radical (unpaired) electrons. The number of rotatable bonds is 5. The van der Waals surface area contributed by atoms with E-state index in [-0.39, 0.29) is 5.41 Å². The molecular formula is C52H35N3O2. The number of hydrogen-bond acceptors (Lipinski definition) is 5. The lowest BCUT2D eigenvalue weighted by molar-refractivity contribution is 0.359. The van der Waals surface area contributed by atoms with Crippen LogP contribution < -0.4 is 9.47 Å². The summed E-state index contributed by atoms with van der Waals surface area (Å²) < 4.78 is 13.1. The molecule has 9 aromatic rings. The predicted octanol–water partition coefficient (Wildman–Crippen LogP) is 13.6. The number of nitrogens with zero attached hydrogens (tertiary/aromatic N) is 3. The second kappa shape index (κ2) is 12.9. The van der Waals surface area contributed by atoms with Gasteiger partial charge in [0.1, 0.15) is 0 Å². The van der Waals surface area contributed by atoms with Gasteiger partial charge in [0.25, 0.3) is 0 Å². The third-order valence-electron chi connectivity index (χ3n) is 11.4. The molecule has 0 fully saturated rings. The molecule has 2 aliphatic rings.